The van der Waals surface area contributed by atoms with Gasteiger partial charge in [0.05, 0.1) is 18.7 Å². The number of ketones is 1. The Labute approximate surface area is 154 Å². The predicted octanol–water partition coefficient (Wildman–Crippen LogP) is 3.20. The zero-order valence-corrected chi connectivity index (χ0v) is 15.2. The molecule has 0 spiro atoms. The Morgan fingerprint density at radius 3 is 2.60 bits per heavy atom. The first-order valence-electron chi connectivity index (χ1n) is 7.74. The summed E-state index contributed by atoms with van der Waals surface area (Å²) in [5.74, 6) is 1.55. The SMILES string of the molecule is C#CCN1C(=O)[C@](O)(CC(=O)c2ccc(C)cc2)c2cc(Br)ccc21. The number of halogens is 1. The number of hydrogen-bond acceptors (Lipinski definition) is 3. The smallest absolute Gasteiger partial charge is 0.265 e. The van der Waals surface area contributed by atoms with Crippen molar-refractivity contribution in [3.63, 3.8) is 0 Å². The van der Waals surface area contributed by atoms with Crippen molar-refractivity contribution in [3.8, 4) is 12.3 Å². The first-order chi connectivity index (χ1) is 11.9. The van der Waals surface area contributed by atoms with Crippen LogP contribution in [0.25, 0.3) is 0 Å². The van der Waals surface area contributed by atoms with Gasteiger partial charge in [-0.1, -0.05) is 51.7 Å². The molecule has 5 heteroatoms. The Morgan fingerprint density at radius 1 is 1.28 bits per heavy atom. The number of Topliss-reactive ketones (excluding diaryl/α,β-unsaturated/α-hetero) is 1. The van der Waals surface area contributed by atoms with E-state index in [0.29, 0.717) is 21.3 Å². The fraction of sp³-hybridized carbons (Fsp3) is 0.200. The maximum Gasteiger partial charge on any atom is 0.265 e. The molecule has 0 bridgehead atoms. The number of rotatable bonds is 4. The fourth-order valence-electron chi connectivity index (χ4n) is 3.02. The average Bonchev–Trinajstić information content (AvgIpc) is 2.77. The molecular formula is C20H16BrNO3. The lowest BCUT2D eigenvalue weighted by molar-refractivity contribution is -0.135. The molecule has 25 heavy (non-hydrogen) atoms. The van der Waals surface area contributed by atoms with Crippen molar-refractivity contribution < 1.29 is 14.7 Å². The minimum absolute atomic E-state index is 0.0362. The van der Waals surface area contributed by atoms with Crippen LogP contribution in [0.2, 0.25) is 0 Å². The highest BCUT2D eigenvalue weighted by Crippen LogP contribution is 2.43. The first kappa shape index (κ1) is 17.4. The van der Waals surface area contributed by atoms with Crippen LogP contribution in [0, 0.1) is 19.3 Å². The monoisotopic (exact) mass is 397 g/mol. The van der Waals surface area contributed by atoms with E-state index in [-0.39, 0.29) is 18.7 Å². The topological polar surface area (TPSA) is 57.6 Å². The van der Waals surface area contributed by atoms with Gasteiger partial charge in [0.1, 0.15) is 0 Å². The van der Waals surface area contributed by atoms with E-state index in [9.17, 15) is 14.7 Å². The standard InChI is InChI=1S/C20H16BrNO3/c1-3-10-22-17-9-8-15(21)11-16(17)20(25,19(22)24)12-18(23)14-6-4-13(2)5-7-14/h1,4-9,11,25H,10,12H2,2H3/t20-/m0/s1. The maximum atomic E-state index is 12.8. The highest BCUT2D eigenvalue weighted by molar-refractivity contribution is 9.10. The van der Waals surface area contributed by atoms with E-state index in [2.05, 4.69) is 21.9 Å². The summed E-state index contributed by atoms with van der Waals surface area (Å²) in [6.07, 6.45) is 5.02. The van der Waals surface area contributed by atoms with Gasteiger partial charge in [-0.15, -0.1) is 6.42 Å². The summed E-state index contributed by atoms with van der Waals surface area (Å²) in [5, 5.41) is 11.1. The molecule has 0 saturated heterocycles. The summed E-state index contributed by atoms with van der Waals surface area (Å²) in [6, 6.07) is 12.2. The number of benzene rings is 2. The molecule has 3 rings (SSSR count). The van der Waals surface area contributed by atoms with Crippen molar-refractivity contribution in [3.05, 3.63) is 63.6 Å². The summed E-state index contributed by atoms with van der Waals surface area (Å²) in [4.78, 5) is 26.8. The summed E-state index contributed by atoms with van der Waals surface area (Å²) in [6.45, 7) is 1.96. The summed E-state index contributed by atoms with van der Waals surface area (Å²) >= 11 is 3.35. The van der Waals surface area contributed by atoms with Crippen LogP contribution in [0.3, 0.4) is 0 Å². The highest BCUT2D eigenvalue weighted by atomic mass is 79.9. The summed E-state index contributed by atoms with van der Waals surface area (Å²) in [7, 11) is 0. The number of anilines is 1. The third-order valence-corrected chi connectivity index (χ3v) is 4.83. The lowest BCUT2D eigenvalue weighted by Gasteiger charge is -2.22. The van der Waals surface area contributed by atoms with Crippen molar-refractivity contribution >= 4 is 33.3 Å². The molecule has 1 N–H and O–H groups in total. The molecular weight excluding hydrogens is 382 g/mol. The molecule has 1 amide bonds. The van der Waals surface area contributed by atoms with E-state index in [1.807, 2.05) is 19.1 Å². The highest BCUT2D eigenvalue weighted by Gasteiger charge is 2.50. The van der Waals surface area contributed by atoms with Gasteiger partial charge in [-0.25, -0.2) is 0 Å². The van der Waals surface area contributed by atoms with Crippen molar-refractivity contribution in [1.29, 1.82) is 0 Å². The molecule has 0 unspecified atom stereocenters. The maximum absolute atomic E-state index is 12.8. The molecule has 1 atom stereocenters. The zero-order chi connectivity index (χ0) is 18.2. The van der Waals surface area contributed by atoms with E-state index in [4.69, 9.17) is 6.42 Å². The Balaban J connectivity index is 2.01. The third-order valence-electron chi connectivity index (χ3n) is 4.33. The van der Waals surface area contributed by atoms with E-state index >= 15 is 0 Å². The van der Waals surface area contributed by atoms with E-state index in [1.165, 1.54) is 4.90 Å². The number of carbonyl (C=O) groups excluding carboxylic acids is 2. The van der Waals surface area contributed by atoms with Gasteiger partial charge >= 0.3 is 0 Å². The number of terminal acetylenes is 1. The number of fused-ring (bicyclic) bond motifs is 1. The fourth-order valence-corrected chi connectivity index (χ4v) is 3.38. The number of carbonyl (C=O) groups is 2. The second-order valence-corrected chi connectivity index (χ2v) is 7.00. The second-order valence-electron chi connectivity index (χ2n) is 6.08. The number of aliphatic hydroxyl groups is 1. The summed E-state index contributed by atoms with van der Waals surface area (Å²) < 4.78 is 0.711. The first-order valence-corrected chi connectivity index (χ1v) is 8.54. The largest absolute Gasteiger partial charge is 0.375 e. The van der Waals surface area contributed by atoms with Gasteiger partial charge < -0.3 is 5.11 Å². The van der Waals surface area contributed by atoms with Crippen molar-refractivity contribution in [1.82, 2.24) is 0 Å². The lowest BCUT2D eigenvalue weighted by Crippen LogP contribution is -2.42. The average molecular weight is 398 g/mol. The molecule has 1 heterocycles. The molecule has 2 aromatic carbocycles. The molecule has 0 saturated carbocycles. The Morgan fingerprint density at radius 2 is 1.96 bits per heavy atom. The van der Waals surface area contributed by atoms with Gasteiger partial charge in [0.15, 0.2) is 11.4 Å². The molecule has 0 radical (unpaired) electrons. The molecule has 2 aromatic rings. The van der Waals surface area contributed by atoms with Gasteiger partial charge in [0.2, 0.25) is 0 Å². The normalized spacial score (nSPS) is 18.8. The quantitative estimate of drug-likeness (QED) is 0.636. The second kappa shape index (κ2) is 6.47. The van der Waals surface area contributed by atoms with Crippen LogP contribution in [-0.4, -0.2) is 23.3 Å². The zero-order valence-electron chi connectivity index (χ0n) is 13.6. The van der Waals surface area contributed by atoms with Crippen LogP contribution >= 0.6 is 15.9 Å². The van der Waals surface area contributed by atoms with Crippen LogP contribution < -0.4 is 4.90 Å². The Hall–Kier alpha value is -2.42. The minimum atomic E-state index is -1.92. The van der Waals surface area contributed by atoms with Crippen molar-refractivity contribution in [2.24, 2.45) is 0 Å². The molecule has 0 aromatic heterocycles. The van der Waals surface area contributed by atoms with Crippen LogP contribution in [0.4, 0.5) is 5.69 Å². The summed E-state index contributed by atoms with van der Waals surface area (Å²) in [5.41, 5.74) is 0.492. The van der Waals surface area contributed by atoms with E-state index in [1.54, 1.807) is 30.3 Å². The predicted molar refractivity (Wildman–Crippen MR) is 99.4 cm³/mol. The number of nitrogens with zero attached hydrogens (tertiary/aromatic N) is 1. The Kier molecular flexibility index (Phi) is 4.51. The van der Waals surface area contributed by atoms with E-state index in [0.717, 1.165) is 5.56 Å². The van der Waals surface area contributed by atoms with Gasteiger partial charge in [0, 0.05) is 15.6 Å². The van der Waals surface area contributed by atoms with Gasteiger partial charge in [-0.05, 0) is 25.1 Å². The van der Waals surface area contributed by atoms with Crippen molar-refractivity contribution in [2.75, 3.05) is 11.4 Å². The Bertz CT molecular complexity index is 898. The van der Waals surface area contributed by atoms with Crippen LogP contribution in [-0.2, 0) is 10.4 Å². The van der Waals surface area contributed by atoms with Gasteiger partial charge in [-0.2, -0.15) is 0 Å². The molecule has 1 aliphatic rings. The van der Waals surface area contributed by atoms with Crippen LogP contribution in [0.1, 0.15) is 27.9 Å². The van der Waals surface area contributed by atoms with Crippen LogP contribution in [0.5, 0.6) is 0 Å². The van der Waals surface area contributed by atoms with Crippen LogP contribution in [0.15, 0.2) is 46.9 Å². The molecule has 1 aliphatic heterocycles. The van der Waals surface area contributed by atoms with Gasteiger partial charge in [0.25, 0.3) is 5.91 Å². The van der Waals surface area contributed by atoms with E-state index < -0.39 is 11.5 Å². The van der Waals surface area contributed by atoms with Gasteiger partial charge in [-0.3, -0.25) is 14.5 Å². The third kappa shape index (κ3) is 2.99. The number of aryl methyl sites for hydroxylation is 1. The molecule has 126 valence electrons. The molecule has 0 aliphatic carbocycles. The molecule has 0 fully saturated rings. The minimum Gasteiger partial charge on any atom is -0.375 e. The number of hydrogen-bond donors (Lipinski definition) is 1. The lowest BCUT2D eigenvalue weighted by atomic mass is 9.88. The molecule has 4 nitrogen and oxygen atoms in total. The number of amides is 1. The van der Waals surface area contributed by atoms with Crippen molar-refractivity contribution in [2.45, 2.75) is 18.9 Å².